The molecule has 0 spiro atoms. The number of rotatable bonds is 14. The van der Waals surface area contributed by atoms with Gasteiger partial charge in [-0.25, -0.2) is 19.7 Å². The van der Waals surface area contributed by atoms with Crippen LogP contribution >= 0.6 is 11.3 Å². The lowest BCUT2D eigenvalue weighted by atomic mass is 10.0. The van der Waals surface area contributed by atoms with Crippen LogP contribution in [0.1, 0.15) is 78.0 Å². The fourth-order valence-corrected chi connectivity index (χ4v) is 7.46. The second kappa shape index (κ2) is 22.4. The number of imidazole rings is 2. The van der Waals surface area contributed by atoms with Crippen molar-refractivity contribution in [1.82, 2.24) is 45.4 Å². The number of hydrogen-bond acceptors (Lipinski definition) is 11. The molecule has 16 heteroatoms. The molecule has 4 N–H and O–H groups in total. The van der Waals surface area contributed by atoms with Crippen molar-refractivity contribution < 1.29 is 28.7 Å². The number of likely N-dealkylation sites (N-methyl/N-ethyl adjacent to an activating group) is 1. The van der Waals surface area contributed by atoms with Crippen LogP contribution in [0.25, 0.3) is 43.3 Å². The van der Waals surface area contributed by atoms with Crippen LogP contribution in [-0.4, -0.2) is 106 Å². The number of carbonyl (C=O) groups is 4. The normalized spacial score (nSPS) is 13.9. The Morgan fingerprint density at radius 1 is 1.00 bits per heavy atom. The molecule has 15 nitrogen and oxygen atoms in total. The molecule has 3 amide bonds. The van der Waals surface area contributed by atoms with Gasteiger partial charge in [0.2, 0.25) is 11.8 Å². The van der Waals surface area contributed by atoms with Crippen molar-refractivity contribution in [2.24, 2.45) is 5.92 Å². The monoisotopic (exact) mass is 815 g/mol. The minimum atomic E-state index is -0.682. The van der Waals surface area contributed by atoms with Crippen LogP contribution in [0.2, 0.25) is 0 Å². The number of ether oxygens (including phenoxy) is 2. The minimum Gasteiger partial charge on any atom is -0.471 e. The summed E-state index contributed by atoms with van der Waals surface area (Å²) in [6.45, 7) is 12.5. The number of H-pyrrole nitrogens is 2. The number of amides is 3. The van der Waals surface area contributed by atoms with E-state index in [0.717, 1.165) is 74.2 Å². The zero-order valence-corrected chi connectivity index (χ0v) is 35.6. The van der Waals surface area contributed by atoms with E-state index < -0.39 is 12.1 Å². The van der Waals surface area contributed by atoms with Gasteiger partial charge in [-0.2, -0.15) is 0 Å². The Bertz CT molecular complexity index is 2080. The molecule has 2 aromatic carbocycles. The van der Waals surface area contributed by atoms with Crippen LogP contribution in [0.3, 0.4) is 0 Å². The van der Waals surface area contributed by atoms with Gasteiger partial charge in [-0.3, -0.25) is 14.4 Å². The summed E-state index contributed by atoms with van der Waals surface area (Å²) in [6, 6.07) is 13.5. The highest BCUT2D eigenvalue weighted by Gasteiger charge is 2.37. The van der Waals surface area contributed by atoms with Gasteiger partial charge in [-0.15, -0.1) is 11.3 Å². The van der Waals surface area contributed by atoms with E-state index in [1.54, 1.807) is 18.4 Å². The number of aromatic amines is 2. The van der Waals surface area contributed by atoms with E-state index in [0.29, 0.717) is 32.7 Å². The summed E-state index contributed by atoms with van der Waals surface area (Å²) in [7, 11) is 4.38. The number of hydrogen-bond donors (Lipinski definition) is 4. The second-order valence-corrected chi connectivity index (χ2v) is 15.2. The number of likely N-dealkylation sites (tertiary alicyclic amines) is 1. The topological polar surface area (TPSA) is 188 Å². The van der Waals surface area contributed by atoms with Crippen molar-refractivity contribution in [1.29, 1.82) is 0 Å². The molecule has 0 bridgehead atoms. The molecule has 1 saturated heterocycles. The molecule has 312 valence electrons. The van der Waals surface area contributed by atoms with Crippen molar-refractivity contribution >= 4 is 45.9 Å². The fourth-order valence-electron chi connectivity index (χ4n) is 6.45. The maximum absolute atomic E-state index is 13.5. The van der Waals surface area contributed by atoms with Crippen molar-refractivity contribution in [2.45, 2.75) is 78.9 Å². The third-order valence-corrected chi connectivity index (χ3v) is 10.3. The van der Waals surface area contributed by atoms with E-state index in [2.05, 4.69) is 81.4 Å². The van der Waals surface area contributed by atoms with Gasteiger partial charge >= 0.3 is 6.09 Å². The molecular formula is C42H57N9O6S. The molecule has 58 heavy (non-hydrogen) atoms. The van der Waals surface area contributed by atoms with Gasteiger partial charge in [0.25, 0.3) is 6.47 Å². The fraction of sp³-hybridized carbons (Fsp3) is 0.452. The van der Waals surface area contributed by atoms with E-state index in [1.807, 2.05) is 48.2 Å². The van der Waals surface area contributed by atoms with E-state index in [9.17, 15) is 14.4 Å². The summed E-state index contributed by atoms with van der Waals surface area (Å²) >= 11 is 1.63. The van der Waals surface area contributed by atoms with Crippen LogP contribution < -0.4 is 10.6 Å². The molecule has 0 aliphatic carbocycles. The Kier molecular flexibility index (Phi) is 17.4. The van der Waals surface area contributed by atoms with E-state index in [4.69, 9.17) is 19.5 Å². The van der Waals surface area contributed by atoms with Crippen LogP contribution in [0, 0.1) is 5.92 Å². The third kappa shape index (κ3) is 11.7. The van der Waals surface area contributed by atoms with Gasteiger partial charge in [-0.1, -0.05) is 71.4 Å². The van der Waals surface area contributed by atoms with Crippen molar-refractivity contribution in [3.63, 3.8) is 0 Å². The number of fused-ring (bicyclic) bond motifs is 1. The molecule has 1 fully saturated rings. The minimum absolute atomic E-state index is 0.0512. The Hall–Kier alpha value is -5.61. The molecular weight excluding hydrogens is 759 g/mol. The maximum atomic E-state index is 13.5. The number of carbonyl (C=O) groups excluding carboxylic acids is 4. The van der Waals surface area contributed by atoms with E-state index in [-0.39, 0.29) is 23.8 Å². The van der Waals surface area contributed by atoms with Crippen molar-refractivity contribution in [3.8, 4) is 33.1 Å². The zero-order valence-electron chi connectivity index (χ0n) is 34.8. The number of thiazole rings is 1. The standard InChI is InChI=1S/C37H45N9O4S.C3H8.C2H4O2/c1-6-15-45(32(47)20-38-4)21-31-39-18-27(41-31)23-9-11-24(12-10-23)35-43-26-14-13-25(17-30(26)51-35)28-19-40-34(42-28)29-8-7-16-46(29)36(48)33(22(2)3)44-37(49)50-5;1-3-2;1-4-2-3/h9-14,17-19,22,29,33,38H,6-8,15-16,20-21H2,1-5H3,(H,39,41)(H,40,42)(H,44,49);3H2,1-2H3;2H,1H3. The van der Waals surface area contributed by atoms with Crippen molar-refractivity contribution in [3.05, 3.63) is 66.5 Å². The molecule has 1 aliphatic rings. The lowest BCUT2D eigenvalue weighted by molar-refractivity contribution is -0.135. The first kappa shape index (κ1) is 45.1. The Balaban J connectivity index is 0.000000987. The Morgan fingerprint density at radius 2 is 1.66 bits per heavy atom. The summed E-state index contributed by atoms with van der Waals surface area (Å²) in [6.07, 6.45) is 6.77. The first-order chi connectivity index (χ1) is 28.0. The molecule has 4 heterocycles. The third-order valence-electron chi connectivity index (χ3n) is 9.22. The number of nitrogens with one attached hydrogen (secondary N) is 4. The lowest BCUT2D eigenvalue weighted by Crippen LogP contribution is -2.51. The second-order valence-electron chi connectivity index (χ2n) is 14.1. The number of alkyl carbamates (subject to hydrolysis) is 1. The molecule has 2 unspecified atom stereocenters. The highest BCUT2D eigenvalue weighted by molar-refractivity contribution is 7.21. The van der Waals surface area contributed by atoms with Gasteiger partial charge in [0, 0.05) is 24.2 Å². The quantitative estimate of drug-likeness (QED) is 0.0855. The van der Waals surface area contributed by atoms with Crippen LogP contribution in [0.15, 0.2) is 54.9 Å². The van der Waals surface area contributed by atoms with Crippen LogP contribution in [-0.2, 0) is 30.4 Å². The van der Waals surface area contributed by atoms with Gasteiger partial charge in [0.05, 0.1) is 67.3 Å². The summed E-state index contributed by atoms with van der Waals surface area (Å²) in [5.41, 5.74) is 5.67. The van der Waals surface area contributed by atoms with Gasteiger partial charge in [0.15, 0.2) is 0 Å². The predicted octanol–water partition coefficient (Wildman–Crippen LogP) is 6.95. The first-order valence-electron chi connectivity index (χ1n) is 19.7. The van der Waals surface area contributed by atoms with Crippen molar-refractivity contribution in [2.75, 3.05) is 40.9 Å². The number of benzene rings is 2. The smallest absolute Gasteiger partial charge is 0.407 e. The van der Waals surface area contributed by atoms with E-state index in [1.165, 1.54) is 20.6 Å². The molecule has 2 atom stereocenters. The predicted molar refractivity (Wildman–Crippen MR) is 227 cm³/mol. The van der Waals surface area contributed by atoms with Gasteiger partial charge in [-0.05, 0) is 49.9 Å². The Labute approximate surface area is 344 Å². The molecule has 1 aliphatic heterocycles. The number of nitrogens with zero attached hydrogens (tertiary/aromatic N) is 5. The van der Waals surface area contributed by atoms with Crippen LogP contribution in [0.4, 0.5) is 4.79 Å². The number of methoxy groups -OCH3 is 2. The highest BCUT2D eigenvalue weighted by atomic mass is 32.1. The maximum Gasteiger partial charge on any atom is 0.407 e. The average molecular weight is 816 g/mol. The Morgan fingerprint density at radius 3 is 2.29 bits per heavy atom. The molecule has 0 radical (unpaired) electrons. The number of aromatic nitrogens is 5. The first-order valence-corrected chi connectivity index (χ1v) is 20.5. The summed E-state index contributed by atoms with van der Waals surface area (Å²) in [5.74, 6) is 1.30. The molecule has 5 aromatic rings. The van der Waals surface area contributed by atoms with Gasteiger partial charge < -0.3 is 39.9 Å². The highest BCUT2D eigenvalue weighted by Crippen LogP contribution is 2.36. The summed E-state index contributed by atoms with van der Waals surface area (Å²) in [5, 5.41) is 6.55. The average Bonchev–Trinajstić information content (AvgIpc) is 4.06. The van der Waals surface area contributed by atoms with E-state index >= 15 is 0 Å². The molecule has 3 aromatic heterocycles. The largest absolute Gasteiger partial charge is 0.471 e. The zero-order chi connectivity index (χ0) is 42.2. The summed E-state index contributed by atoms with van der Waals surface area (Å²) < 4.78 is 9.67. The van der Waals surface area contributed by atoms with Gasteiger partial charge in [0.1, 0.15) is 22.7 Å². The summed E-state index contributed by atoms with van der Waals surface area (Å²) in [4.78, 5) is 71.5. The molecule has 0 saturated carbocycles. The molecule has 6 rings (SSSR count). The lowest BCUT2D eigenvalue weighted by Gasteiger charge is -2.30. The SMILES string of the molecule is CCC.CCCN(Cc1ncc(-c2ccc(-c3nc4ccc(-c5cnc(C6CCCN6C(=O)C(NC(=O)OC)C(C)C)[nH]5)cc4s3)cc2)[nH]1)C(=O)CNC.COC=O. The van der Waals surface area contributed by atoms with Crippen LogP contribution in [0.5, 0.6) is 0 Å².